The van der Waals surface area contributed by atoms with E-state index in [9.17, 15) is 9.59 Å². The number of amides is 2. The van der Waals surface area contributed by atoms with E-state index in [1.807, 2.05) is 35.2 Å². The Kier molecular flexibility index (Phi) is 3.97. The molecular formula is C23H23N3O2. The van der Waals surface area contributed by atoms with Crippen LogP contribution in [0.2, 0.25) is 0 Å². The van der Waals surface area contributed by atoms with E-state index < -0.39 is 6.04 Å². The molecule has 0 spiro atoms. The topological polar surface area (TPSA) is 56.4 Å². The number of likely N-dealkylation sites (N-methyl/N-ethyl adjacent to an activating group) is 1. The zero-order valence-corrected chi connectivity index (χ0v) is 15.9. The molecule has 5 heteroatoms. The number of aryl methyl sites for hydroxylation is 1. The van der Waals surface area contributed by atoms with E-state index in [1.165, 1.54) is 11.1 Å². The molecule has 142 valence electrons. The Morgan fingerprint density at radius 1 is 1.04 bits per heavy atom. The lowest BCUT2D eigenvalue weighted by Crippen LogP contribution is -2.61. The summed E-state index contributed by atoms with van der Waals surface area (Å²) in [6, 6.07) is 18.0. The third-order valence-corrected chi connectivity index (χ3v) is 6.12. The van der Waals surface area contributed by atoms with Crippen molar-refractivity contribution in [3.63, 3.8) is 0 Å². The third kappa shape index (κ3) is 2.61. The van der Waals surface area contributed by atoms with Gasteiger partial charge in [0.05, 0.1) is 12.6 Å². The van der Waals surface area contributed by atoms with E-state index in [2.05, 4.69) is 29.2 Å². The van der Waals surface area contributed by atoms with Crippen LogP contribution in [0.25, 0.3) is 10.9 Å². The molecule has 0 unspecified atom stereocenters. The second kappa shape index (κ2) is 6.51. The van der Waals surface area contributed by atoms with Crippen molar-refractivity contribution < 1.29 is 9.59 Å². The molecule has 1 aromatic heterocycles. The monoisotopic (exact) mass is 373 g/mol. The van der Waals surface area contributed by atoms with E-state index >= 15 is 0 Å². The fourth-order valence-corrected chi connectivity index (χ4v) is 4.78. The van der Waals surface area contributed by atoms with Gasteiger partial charge in [-0.15, -0.1) is 0 Å². The smallest absolute Gasteiger partial charge is 0.245 e. The predicted molar refractivity (Wildman–Crippen MR) is 108 cm³/mol. The molecule has 2 atom stereocenters. The van der Waals surface area contributed by atoms with Crippen molar-refractivity contribution in [3.05, 3.63) is 71.4 Å². The Morgan fingerprint density at radius 3 is 2.61 bits per heavy atom. The molecule has 2 aliphatic heterocycles. The predicted octanol–water partition coefficient (Wildman–Crippen LogP) is 3.07. The molecule has 2 amide bonds. The molecule has 0 bridgehead atoms. The molecular weight excluding hydrogens is 350 g/mol. The quantitative estimate of drug-likeness (QED) is 0.767. The molecule has 0 aliphatic carbocycles. The highest BCUT2D eigenvalue weighted by Crippen LogP contribution is 2.41. The molecule has 5 rings (SSSR count). The number of carbonyl (C=O) groups excluding carboxylic acids is 2. The zero-order chi connectivity index (χ0) is 19.3. The SMILES string of the molecule is CN1CC(=O)N2[C@@H](Cc3c([nH]c4ccccc34)[C@@H]2CCc2ccccc2)C1=O. The molecule has 3 heterocycles. The van der Waals surface area contributed by atoms with Crippen molar-refractivity contribution in [1.29, 1.82) is 0 Å². The summed E-state index contributed by atoms with van der Waals surface area (Å²) in [6.07, 6.45) is 2.24. The molecule has 1 N–H and O–H groups in total. The summed E-state index contributed by atoms with van der Waals surface area (Å²) in [5, 5.41) is 1.16. The van der Waals surface area contributed by atoms with Gasteiger partial charge in [-0.25, -0.2) is 0 Å². The number of para-hydroxylation sites is 1. The summed E-state index contributed by atoms with van der Waals surface area (Å²) in [4.78, 5) is 32.8. The summed E-state index contributed by atoms with van der Waals surface area (Å²) in [5.41, 5.74) is 4.60. The average Bonchev–Trinajstić information content (AvgIpc) is 3.09. The van der Waals surface area contributed by atoms with E-state index in [4.69, 9.17) is 0 Å². The number of hydrogen-bond acceptors (Lipinski definition) is 2. The van der Waals surface area contributed by atoms with Crippen molar-refractivity contribution in [3.8, 4) is 0 Å². The van der Waals surface area contributed by atoms with Crippen molar-refractivity contribution >= 4 is 22.7 Å². The van der Waals surface area contributed by atoms with Gasteiger partial charge in [-0.2, -0.15) is 0 Å². The minimum absolute atomic E-state index is 0.0365. The molecule has 28 heavy (non-hydrogen) atoms. The van der Waals surface area contributed by atoms with Gasteiger partial charge >= 0.3 is 0 Å². The lowest BCUT2D eigenvalue weighted by Gasteiger charge is -2.46. The number of benzene rings is 2. The van der Waals surface area contributed by atoms with Crippen LogP contribution in [0, 0.1) is 0 Å². The first kappa shape index (κ1) is 17.0. The lowest BCUT2D eigenvalue weighted by molar-refractivity contribution is -0.158. The maximum absolute atomic E-state index is 12.9. The zero-order valence-electron chi connectivity index (χ0n) is 15.9. The lowest BCUT2D eigenvalue weighted by atomic mass is 9.87. The minimum Gasteiger partial charge on any atom is -0.356 e. The summed E-state index contributed by atoms with van der Waals surface area (Å²) >= 11 is 0. The number of fused-ring (bicyclic) bond motifs is 4. The van der Waals surface area contributed by atoms with Gasteiger partial charge in [0.2, 0.25) is 11.8 Å². The fraction of sp³-hybridized carbons (Fsp3) is 0.304. The van der Waals surface area contributed by atoms with Gasteiger partial charge in [-0.3, -0.25) is 9.59 Å². The summed E-state index contributed by atoms with van der Waals surface area (Å²) in [6.45, 7) is 0.159. The van der Waals surface area contributed by atoms with Crippen molar-refractivity contribution in [1.82, 2.24) is 14.8 Å². The van der Waals surface area contributed by atoms with E-state index in [0.29, 0.717) is 6.42 Å². The first-order valence-electron chi connectivity index (χ1n) is 9.83. The summed E-state index contributed by atoms with van der Waals surface area (Å²) in [5.74, 6) is 0.0784. The van der Waals surface area contributed by atoms with Crippen molar-refractivity contribution in [2.45, 2.75) is 31.3 Å². The van der Waals surface area contributed by atoms with Gasteiger partial charge < -0.3 is 14.8 Å². The molecule has 2 aliphatic rings. The normalized spacial score (nSPS) is 21.8. The Labute approximate surface area is 163 Å². The van der Waals surface area contributed by atoms with Crippen LogP contribution < -0.4 is 0 Å². The van der Waals surface area contributed by atoms with Gasteiger partial charge in [0.15, 0.2) is 0 Å². The Balaban J connectivity index is 1.59. The number of rotatable bonds is 3. The van der Waals surface area contributed by atoms with E-state index in [1.54, 1.807) is 11.9 Å². The molecule has 3 aromatic rings. The van der Waals surface area contributed by atoms with Gasteiger partial charge in [0.25, 0.3) is 0 Å². The Bertz CT molecular complexity index is 1060. The van der Waals surface area contributed by atoms with Crippen LogP contribution in [-0.2, 0) is 22.4 Å². The van der Waals surface area contributed by atoms with E-state index in [-0.39, 0.29) is 24.4 Å². The minimum atomic E-state index is -0.404. The highest BCUT2D eigenvalue weighted by Gasteiger charge is 2.46. The molecule has 1 saturated heterocycles. The van der Waals surface area contributed by atoms with Crippen LogP contribution >= 0.6 is 0 Å². The first-order chi connectivity index (χ1) is 13.6. The largest absolute Gasteiger partial charge is 0.356 e. The van der Waals surface area contributed by atoms with Gasteiger partial charge in [0.1, 0.15) is 6.04 Å². The standard InChI is InChI=1S/C23H23N3O2/c1-25-14-21(27)26-19(12-11-15-7-3-2-4-8-15)22-17(13-20(26)23(25)28)16-9-5-6-10-18(16)24-22/h2-10,19-20,24H,11-14H2,1H3/t19-,20-/m0/s1. The van der Waals surface area contributed by atoms with Crippen LogP contribution in [0.5, 0.6) is 0 Å². The van der Waals surface area contributed by atoms with Gasteiger partial charge in [-0.05, 0) is 30.0 Å². The van der Waals surface area contributed by atoms with Gasteiger partial charge in [-0.1, -0.05) is 48.5 Å². The number of nitrogens with zero attached hydrogens (tertiary/aromatic N) is 2. The van der Waals surface area contributed by atoms with Gasteiger partial charge in [0, 0.05) is 30.1 Å². The van der Waals surface area contributed by atoms with E-state index in [0.717, 1.165) is 29.4 Å². The molecule has 1 fully saturated rings. The van der Waals surface area contributed by atoms with Crippen LogP contribution in [0.15, 0.2) is 54.6 Å². The second-order valence-electron chi connectivity index (χ2n) is 7.82. The van der Waals surface area contributed by atoms with Crippen molar-refractivity contribution in [2.24, 2.45) is 0 Å². The average molecular weight is 373 g/mol. The van der Waals surface area contributed by atoms with Crippen molar-refractivity contribution in [2.75, 3.05) is 13.6 Å². The van der Waals surface area contributed by atoms with Crippen LogP contribution in [0.3, 0.4) is 0 Å². The maximum Gasteiger partial charge on any atom is 0.245 e. The second-order valence-corrected chi connectivity index (χ2v) is 7.82. The Morgan fingerprint density at radius 2 is 1.79 bits per heavy atom. The number of piperazine rings is 1. The number of aromatic amines is 1. The number of carbonyl (C=O) groups is 2. The third-order valence-electron chi connectivity index (χ3n) is 6.12. The van der Waals surface area contributed by atoms with Crippen LogP contribution in [0.4, 0.5) is 0 Å². The highest BCUT2D eigenvalue weighted by molar-refractivity contribution is 5.97. The number of H-pyrrole nitrogens is 1. The maximum atomic E-state index is 12.9. The number of aromatic nitrogens is 1. The number of hydrogen-bond donors (Lipinski definition) is 1. The molecule has 0 saturated carbocycles. The summed E-state index contributed by atoms with van der Waals surface area (Å²) in [7, 11) is 1.72. The molecule has 2 aromatic carbocycles. The molecule has 5 nitrogen and oxygen atoms in total. The fourth-order valence-electron chi connectivity index (χ4n) is 4.78. The van der Waals surface area contributed by atoms with Crippen LogP contribution in [0.1, 0.15) is 29.3 Å². The Hall–Kier alpha value is -3.08. The number of nitrogens with one attached hydrogen (secondary N) is 1. The molecule has 0 radical (unpaired) electrons. The van der Waals surface area contributed by atoms with Crippen LogP contribution in [-0.4, -0.2) is 46.2 Å². The summed E-state index contributed by atoms with van der Waals surface area (Å²) < 4.78 is 0. The first-order valence-corrected chi connectivity index (χ1v) is 9.83. The highest BCUT2D eigenvalue weighted by atomic mass is 16.2.